The Balaban J connectivity index is 1.77. The van der Waals surface area contributed by atoms with Crippen molar-refractivity contribution in [1.29, 1.82) is 0 Å². The average molecular weight is 382 g/mol. The Morgan fingerprint density at radius 1 is 1.07 bits per heavy atom. The largest absolute Gasteiger partial charge is 0.379 e. The van der Waals surface area contributed by atoms with Crippen LogP contribution in [0.5, 0.6) is 0 Å². The zero-order chi connectivity index (χ0) is 19.4. The molecule has 144 valence electrons. The highest BCUT2D eigenvalue weighted by molar-refractivity contribution is 5.94. The second-order valence-corrected chi connectivity index (χ2v) is 6.18. The predicted octanol–water partition coefficient (Wildman–Crippen LogP) is 3.05. The van der Waals surface area contributed by atoms with Crippen LogP contribution in [0.1, 0.15) is 22.0 Å². The molecule has 2 aromatic carbocycles. The van der Waals surface area contributed by atoms with Gasteiger partial charge in [0.1, 0.15) is 5.82 Å². The summed E-state index contributed by atoms with van der Waals surface area (Å²) in [6, 6.07) is 6.95. The van der Waals surface area contributed by atoms with Crippen LogP contribution in [-0.4, -0.2) is 43.7 Å². The van der Waals surface area contributed by atoms with E-state index in [1.54, 1.807) is 12.1 Å². The molecule has 1 saturated heterocycles. The molecule has 0 spiro atoms. The average Bonchev–Trinajstić information content (AvgIpc) is 2.66. The first-order chi connectivity index (χ1) is 13.0. The highest BCUT2D eigenvalue weighted by Gasteiger charge is 2.24. The number of rotatable bonds is 5. The van der Waals surface area contributed by atoms with Gasteiger partial charge in [0, 0.05) is 25.2 Å². The molecule has 1 unspecified atom stereocenters. The minimum absolute atomic E-state index is 0.0862. The molecule has 0 saturated carbocycles. The quantitative estimate of drug-likeness (QED) is 0.639. The summed E-state index contributed by atoms with van der Waals surface area (Å²) in [5, 5.41) is 2.59. The monoisotopic (exact) mass is 382 g/mol. The van der Waals surface area contributed by atoms with E-state index in [9.17, 15) is 22.4 Å². The number of amides is 1. The van der Waals surface area contributed by atoms with Crippen molar-refractivity contribution in [2.24, 2.45) is 0 Å². The van der Waals surface area contributed by atoms with Crippen LogP contribution in [0.3, 0.4) is 0 Å². The minimum atomic E-state index is -1.63. The van der Waals surface area contributed by atoms with Gasteiger partial charge in [-0.1, -0.05) is 12.1 Å². The lowest BCUT2D eigenvalue weighted by Gasteiger charge is -2.35. The molecule has 27 heavy (non-hydrogen) atoms. The lowest BCUT2D eigenvalue weighted by atomic mass is 10.0. The summed E-state index contributed by atoms with van der Waals surface area (Å²) in [6.07, 6.45) is 0. The van der Waals surface area contributed by atoms with E-state index in [-0.39, 0.29) is 18.2 Å². The molecule has 3 rings (SSSR count). The summed E-state index contributed by atoms with van der Waals surface area (Å²) in [6.45, 7) is 2.29. The predicted molar refractivity (Wildman–Crippen MR) is 90.2 cm³/mol. The van der Waals surface area contributed by atoms with E-state index < -0.39 is 29.2 Å². The summed E-state index contributed by atoms with van der Waals surface area (Å²) in [4.78, 5) is 14.3. The van der Waals surface area contributed by atoms with Gasteiger partial charge in [0.15, 0.2) is 17.5 Å². The summed E-state index contributed by atoms with van der Waals surface area (Å²) >= 11 is 0. The Bertz CT molecular complexity index is 802. The first kappa shape index (κ1) is 19.3. The SMILES string of the molecule is O=C(NCC(c1cccc(F)c1)N1CCOCC1)c1cc(F)c(F)c(F)c1. The zero-order valence-electron chi connectivity index (χ0n) is 14.4. The summed E-state index contributed by atoms with van der Waals surface area (Å²) < 4.78 is 58.7. The molecule has 1 amide bonds. The van der Waals surface area contributed by atoms with Gasteiger partial charge in [0.25, 0.3) is 5.91 Å². The molecule has 2 aromatic rings. The minimum Gasteiger partial charge on any atom is -0.379 e. The second-order valence-electron chi connectivity index (χ2n) is 6.18. The maximum absolute atomic E-state index is 13.6. The van der Waals surface area contributed by atoms with Crippen LogP contribution in [0, 0.1) is 23.3 Å². The fraction of sp³-hybridized carbons (Fsp3) is 0.316. The van der Waals surface area contributed by atoms with E-state index in [1.165, 1.54) is 12.1 Å². The Labute approximate surface area is 153 Å². The van der Waals surface area contributed by atoms with Gasteiger partial charge in [-0.3, -0.25) is 9.69 Å². The molecule has 0 aromatic heterocycles. The molecule has 4 nitrogen and oxygen atoms in total. The second kappa shape index (κ2) is 8.49. The van der Waals surface area contributed by atoms with Crippen LogP contribution in [-0.2, 0) is 4.74 Å². The summed E-state index contributed by atoms with van der Waals surface area (Å²) in [5.74, 6) is -5.65. The van der Waals surface area contributed by atoms with E-state index in [0.29, 0.717) is 44.0 Å². The Morgan fingerprint density at radius 3 is 2.37 bits per heavy atom. The highest BCUT2D eigenvalue weighted by atomic mass is 19.2. The molecule has 0 bridgehead atoms. The first-order valence-electron chi connectivity index (χ1n) is 8.45. The van der Waals surface area contributed by atoms with Crippen molar-refractivity contribution < 1.29 is 27.1 Å². The van der Waals surface area contributed by atoms with Crippen LogP contribution < -0.4 is 5.32 Å². The molecule has 1 atom stereocenters. The topological polar surface area (TPSA) is 41.6 Å². The number of morpholine rings is 1. The van der Waals surface area contributed by atoms with Gasteiger partial charge < -0.3 is 10.1 Å². The van der Waals surface area contributed by atoms with Crippen molar-refractivity contribution in [1.82, 2.24) is 10.2 Å². The number of nitrogens with one attached hydrogen (secondary N) is 1. The third-order valence-corrected chi connectivity index (χ3v) is 4.42. The molecule has 1 aliphatic heterocycles. The maximum Gasteiger partial charge on any atom is 0.251 e. The van der Waals surface area contributed by atoms with Crippen molar-refractivity contribution in [3.8, 4) is 0 Å². The van der Waals surface area contributed by atoms with Gasteiger partial charge in [-0.15, -0.1) is 0 Å². The number of hydrogen-bond donors (Lipinski definition) is 1. The van der Waals surface area contributed by atoms with Crippen molar-refractivity contribution in [2.45, 2.75) is 6.04 Å². The number of nitrogens with zero attached hydrogens (tertiary/aromatic N) is 1. The summed E-state index contributed by atoms with van der Waals surface area (Å²) in [7, 11) is 0. The van der Waals surface area contributed by atoms with E-state index in [1.807, 2.05) is 4.90 Å². The fourth-order valence-corrected chi connectivity index (χ4v) is 3.04. The molecular weight excluding hydrogens is 364 g/mol. The van der Waals surface area contributed by atoms with Crippen LogP contribution in [0.25, 0.3) is 0 Å². The standard InChI is InChI=1S/C19H18F4N2O2/c20-14-3-1-2-12(8-14)17(25-4-6-27-7-5-25)11-24-19(26)13-9-15(21)18(23)16(22)10-13/h1-3,8-10,17H,4-7,11H2,(H,24,26). The van der Waals surface area contributed by atoms with Crippen LogP contribution in [0.2, 0.25) is 0 Å². The van der Waals surface area contributed by atoms with Gasteiger partial charge in [0.05, 0.1) is 19.3 Å². The fourth-order valence-electron chi connectivity index (χ4n) is 3.04. The summed E-state index contributed by atoms with van der Waals surface area (Å²) in [5.41, 5.74) is 0.333. The van der Waals surface area contributed by atoms with Gasteiger partial charge >= 0.3 is 0 Å². The molecule has 8 heteroatoms. The van der Waals surface area contributed by atoms with Gasteiger partial charge in [0.2, 0.25) is 0 Å². The van der Waals surface area contributed by atoms with Crippen LogP contribution in [0.15, 0.2) is 36.4 Å². The normalized spacial score (nSPS) is 16.1. The van der Waals surface area contributed by atoms with Gasteiger partial charge in [-0.05, 0) is 29.8 Å². The first-order valence-corrected chi connectivity index (χ1v) is 8.45. The number of hydrogen-bond acceptors (Lipinski definition) is 3. The van der Waals surface area contributed by atoms with Crippen LogP contribution in [0.4, 0.5) is 17.6 Å². The van der Waals surface area contributed by atoms with Crippen molar-refractivity contribution in [3.63, 3.8) is 0 Å². The lowest BCUT2D eigenvalue weighted by molar-refractivity contribution is 0.0162. The maximum atomic E-state index is 13.6. The molecule has 0 aliphatic carbocycles. The van der Waals surface area contributed by atoms with E-state index in [0.717, 1.165) is 0 Å². The van der Waals surface area contributed by atoms with Crippen molar-refractivity contribution in [3.05, 3.63) is 70.8 Å². The molecule has 0 radical (unpaired) electrons. The van der Waals surface area contributed by atoms with Crippen molar-refractivity contribution >= 4 is 5.91 Å². The highest BCUT2D eigenvalue weighted by Crippen LogP contribution is 2.22. The van der Waals surface area contributed by atoms with E-state index >= 15 is 0 Å². The molecular formula is C19H18F4N2O2. The molecule has 1 heterocycles. The number of ether oxygens (including phenoxy) is 1. The smallest absolute Gasteiger partial charge is 0.251 e. The van der Waals surface area contributed by atoms with Crippen molar-refractivity contribution in [2.75, 3.05) is 32.8 Å². The zero-order valence-corrected chi connectivity index (χ0v) is 14.4. The molecule has 1 fully saturated rings. The molecule has 1 N–H and O–H groups in total. The Kier molecular flexibility index (Phi) is 6.08. The lowest BCUT2D eigenvalue weighted by Crippen LogP contribution is -2.43. The number of halogens is 4. The van der Waals surface area contributed by atoms with Crippen LogP contribution >= 0.6 is 0 Å². The van der Waals surface area contributed by atoms with E-state index in [2.05, 4.69) is 5.32 Å². The van der Waals surface area contributed by atoms with E-state index in [4.69, 9.17) is 4.74 Å². The van der Waals surface area contributed by atoms with Gasteiger partial charge in [-0.25, -0.2) is 17.6 Å². The van der Waals surface area contributed by atoms with Gasteiger partial charge in [-0.2, -0.15) is 0 Å². The molecule has 1 aliphatic rings. The Hall–Kier alpha value is -2.45. The number of benzene rings is 2. The Morgan fingerprint density at radius 2 is 1.74 bits per heavy atom. The third kappa shape index (κ3) is 4.64. The third-order valence-electron chi connectivity index (χ3n) is 4.42. The number of carbonyl (C=O) groups excluding carboxylic acids is 1. The number of carbonyl (C=O) groups is 1.